The molecule has 16 heteroatoms. The standard InChI is InChI=1S/2C19H13F6.2CH3.2ClH.Si.Zr/c2*1-10-5-12-4-3-11(2)17(16(12)6-10)13-7-14(18(20,21)22)9-15(8-13)19(23,24)25;;;;;;/h2*3-9H,1-2H3;2*1H3;2*1H;;/q4*-1;;;;. The van der Waals surface area contributed by atoms with Gasteiger partial charge in [0.05, 0.1) is 22.3 Å². The Bertz CT molecular complexity index is 2020. The van der Waals surface area contributed by atoms with Gasteiger partial charge in [0.1, 0.15) is 0 Å². The second-order valence-electron chi connectivity index (χ2n) is 12.2. The fourth-order valence-corrected chi connectivity index (χ4v) is 6.05. The van der Waals surface area contributed by atoms with Crippen molar-refractivity contribution in [3.05, 3.63) is 144 Å². The number of fused-ring (bicyclic) bond motifs is 2. The maximum atomic E-state index is 13.1. The molecule has 0 unspecified atom stereocenters. The van der Waals surface area contributed by atoms with Gasteiger partial charge in [-0.1, -0.05) is 36.1 Å². The van der Waals surface area contributed by atoms with Crippen LogP contribution in [0.15, 0.2) is 84.9 Å². The van der Waals surface area contributed by atoms with E-state index in [2.05, 4.69) is 6.88 Å². The molecule has 0 atom stereocenters. The number of hydrogen-bond donors (Lipinski definition) is 0. The molecule has 0 aliphatic rings. The molecule has 2 radical (unpaired) electrons. The fourth-order valence-electron chi connectivity index (χ4n) is 6.05. The van der Waals surface area contributed by atoms with Crippen LogP contribution in [0, 0.1) is 42.5 Å². The SMILES string of the molecule is Cc1cc2c(-c3cc(C(F)(F)F)cc(C(F)(F)F)c3)c(C)ccc2[cH-]1.Cc1cc2c(-c3cc(C(F)(F)F)cc(C(F)(F)F)c3)c(C)ccc2[cH-]1.Cl.Cl.[CH3-].[CH3-].[Si]=[Zr]. The van der Waals surface area contributed by atoms with E-state index in [1.807, 2.05) is 26.0 Å². The molecule has 56 heavy (non-hydrogen) atoms. The Morgan fingerprint density at radius 3 is 0.911 bits per heavy atom. The van der Waals surface area contributed by atoms with E-state index < -0.39 is 47.0 Å². The third-order valence-electron chi connectivity index (χ3n) is 8.24. The van der Waals surface area contributed by atoms with Crippen LogP contribution in [0.4, 0.5) is 52.7 Å². The summed E-state index contributed by atoms with van der Waals surface area (Å²) in [5, 5.41) is 2.85. The molecule has 0 nitrogen and oxygen atoms in total. The van der Waals surface area contributed by atoms with Gasteiger partial charge in [-0.25, -0.2) is 0 Å². The molecule has 6 aromatic rings. The third kappa shape index (κ3) is 12.0. The number of aryl methyl sites for hydroxylation is 4. The molecule has 0 aliphatic heterocycles. The van der Waals surface area contributed by atoms with Crippen molar-refractivity contribution in [1.29, 1.82) is 0 Å². The fraction of sp³-hybridized carbons (Fsp3) is 0.200. The zero-order chi connectivity index (χ0) is 39.1. The second kappa shape index (κ2) is 19.6. The normalized spacial score (nSPS) is 11.5. The summed E-state index contributed by atoms with van der Waals surface area (Å²) in [6.45, 7) is 10.1. The number of rotatable bonds is 2. The van der Waals surface area contributed by atoms with E-state index in [1.165, 1.54) is 23.3 Å². The van der Waals surface area contributed by atoms with E-state index in [0.29, 0.717) is 33.0 Å². The molecule has 6 rings (SSSR count). The summed E-state index contributed by atoms with van der Waals surface area (Å²) >= 11 is 1.36. The minimum absolute atomic E-state index is 0. The molecule has 0 aliphatic carbocycles. The Hall–Kier alpha value is -3.06. The third-order valence-corrected chi connectivity index (χ3v) is 8.24. The molecule has 0 aromatic heterocycles. The van der Waals surface area contributed by atoms with Crippen LogP contribution in [-0.2, 0) is 48.0 Å². The first kappa shape index (κ1) is 52.9. The van der Waals surface area contributed by atoms with Crippen molar-refractivity contribution < 1.29 is 76.0 Å². The number of alkyl halides is 12. The van der Waals surface area contributed by atoms with Crippen LogP contribution in [0.25, 0.3) is 43.8 Å². The Balaban J connectivity index is 0.000000968. The summed E-state index contributed by atoms with van der Waals surface area (Å²) in [7, 11) is 0. The quantitative estimate of drug-likeness (QED) is 0.0922. The average molecular weight is 933 g/mol. The minimum atomic E-state index is -4.86. The van der Waals surface area contributed by atoms with Crippen molar-refractivity contribution in [2.45, 2.75) is 52.4 Å². The molecule has 0 saturated carbocycles. The molecule has 304 valence electrons. The van der Waals surface area contributed by atoms with Gasteiger partial charge in [-0.05, 0) is 61.4 Å². The van der Waals surface area contributed by atoms with Gasteiger partial charge in [0.25, 0.3) is 0 Å². The molecule has 0 bridgehead atoms. The summed E-state index contributed by atoms with van der Waals surface area (Å²) in [5.74, 6) is 0. The molecule has 0 amide bonds. The van der Waals surface area contributed by atoms with Crippen molar-refractivity contribution in [3.8, 4) is 22.3 Å². The summed E-state index contributed by atoms with van der Waals surface area (Å²) in [4.78, 5) is 0. The van der Waals surface area contributed by atoms with E-state index in [1.54, 1.807) is 50.2 Å². The Kier molecular flexibility index (Phi) is 18.5. The molecule has 0 heterocycles. The summed E-state index contributed by atoms with van der Waals surface area (Å²) in [6, 6.07) is 17.6. The zero-order valence-corrected chi connectivity index (χ0v) is 35.5. The molecule has 6 aromatic carbocycles. The van der Waals surface area contributed by atoms with Gasteiger partial charge in [0.15, 0.2) is 0 Å². The number of halogens is 14. The van der Waals surface area contributed by atoms with Gasteiger partial charge in [-0.2, -0.15) is 64.8 Å². The Morgan fingerprint density at radius 1 is 0.429 bits per heavy atom. The first-order valence-electron chi connectivity index (χ1n) is 15.1. The maximum absolute atomic E-state index is 13.1. The molecule has 0 fully saturated rings. The summed E-state index contributed by atoms with van der Waals surface area (Å²) in [6.07, 6.45) is -19.4. The van der Waals surface area contributed by atoms with Crippen LogP contribution in [0.1, 0.15) is 44.5 Å². The summed E-state index contributed by atoms with van der Waals surface area (Å²) in [5.41, 5.74) is -1.61. The van der Waals surface area contributed by atoms with Crippen molar-refractivity contribution in [2.75, 3.05) is 0 Å². The zero-order valence-electron chi connectivity index (χ0n) is 30.4. The topological polar surface area (TPSA) is 0 Å². The number of hydrogen-bond acceptors (Lipinski definition) is 0. The molecule has 0 spiro atoms. The van der Waals surface area contributed by atoms with Gasteiger partial charge >= 0.3 is 54.9 Å². The van der Waals surface area contributed by atoms with Crippen LogP contribution < -0.4 is 0 Å². The van der Waals surface area contributed by atoms with Crippen LogP contribution >= 0.6 is 24.8 Å². The van der Waals surface area contributed by atoms with E-state index in [-0.39, 0.29) is 62.9 Å². The Morgan fingerprint density at radius 2 is 0.679 bits per heavy atom. The molecule has 0 N–H and O–H groups in total. The van der Waals surface area contributed by atoms with E-state index in [4.69, 9.17) is 0 Å². The van der Waals surface area contributed by atoms with Gasteiger partial charge in [-0.3, -0.25) is 0 Å². The van der Waals surface area contributed by atoms with Gasteiger partial charge in [0.2, 0.25) is 0 Å². The van der Waals surface area contributed by atoms with Crippen molar-refractivity contribution in [3.63, 3.8) is 0 Å². The van der Waals surface area contributed by atoms with Crippen LogP contribution in [0.5, 0.6) is 0 Å². The van der Waals surface area contributed by atoms with E-state index in [0.717, 1.165) is 46.2 Å². The monoisotopic (exact) mass is 930 g/mol. The predicted octanol–water partition coefficient (Wildman–Crippen LogP) is 15.1. The molecular weight excluding hydrogens is 899 g/mol. The Labute approximate surface area is 346 Å². The second-order valence-corrected chi connectivity index (χ2v) is 12.2. The van der Waals surface area contributed by atoms with E-state index in [9.17, 15) is 52.7 Å². The average Bonchev–Trinajstić information content (AvgIpc) is 3.60. The van der Waals surface area contributed by atoms with Gasteiger partial charge in [-0.15, -0.1) is 93.9 Å². The van der Waals surface area contributed by atoms with Crippen LogP contribution in [-0.4, -0.2) is 6.88 Å². The first-order valence-corrected chi connectivity index (χ1v) is 19.3. The van der Waals surface area contributed by atoms with Crippen LogP contribution in [0.2, 0.25) is 0 Å². The number of benzene rings is 4. The van der Waals surface area contributed by atoms with Gasteiger partial charge < -0.3 is 14.9 Å². The summed E-state index contributed by atoms with van der Waals surface area (Å²) < 4.78 is 157. The predicted molar refractivity (Wildman–Crippen MR) is 202 cm³/mol. The van der Waals surface area contributed by atoms with Crippen molar-refractivity contribution >= 4 is 53.2 Å². The molecule has 0 saturated heterocycles. The first-order chi connectivity index (χ1) is 23.9. The van der Waals surface area contributed by atoms with Crippen molar-refractivity contribution in [1.82, 2.24) is 0 Å². The van der Waals surface area contributed by atoms with Gasteiger partial charge in [0, 0.05) is 0 Å². The van der Waals surface area contributed by atoms with Crippen molar-refractivity contribution in [2.24, 2.45) is 0 Å². The van der Waals surface area contributed by atoms with Crippen LogP contribution in [0.3, 0.4) is 0 Å². The van der Waals surface area contributed by atoms with E-state index >= 15 is 0 Å². The molecular formula is C40H34Cl2F12SiZr-4.